The van der Waals surface area contributed by atoms with Gasteiger partial charge in [0.1, 0.15) is 11.4 Å². The molecule has 4 aromatic rings. The van der Waals surface area contributed by atoms with Crippen molar-refractivity contribution in [1.29, 1.82) is 0 Å². The first kappa shape index (κ1) is 25.6. The molecule has 7 nitrogen and oxygen atoms in total. The second-order valence-corrected chi connectivity index (χ2v) is 9.13. The van der Waals surface area contributed by atoms with Crippen LogP contribution < -0.4 is 14.4 Å². The number of hydrogen-bond acceptors (Lipinski definition) is 6. The number of ether oxygens (including phenoxy) is 3. The van der Waals surface area contributed by atoms with Gasteiger partial charge in [0.05, 0.1) is 29.9 Å². The van der Waals surface area contributed by atoms with Crippen LogP contribution >= 0.6 is 0 Å². The van der Waals surface area contributed by atoms with Crippen molar-refractivity contribution in [2.75, 3.05) is 31.2 Å². The summed E-state index contributed by atoms with van der Waals surface area (Å²) in [4.78, 5) is 20.5. The third-order valence-corrected chi connectivity index (χ3v) is 7.25. The smallest absolute Gasteiger partial charge is 0.341 e. The van der Waals surface area contributed by atoms with E-state index in [2.05, 4.69) is 48.4 Å². The highest BCUT2D eigenvalue weighted by Crippen LogP contribution is 2.54. The standard InChI is InChI=1S/C31H35N3O4/c1-6-33(7-2)21-17-18-24(26(20-21)36-9-4)31(28-23(30(35)38-31)15-13-19-32-28)27-22-14-11-12-16-25(22)34(8-3)29(27)37-10-5/h11-20H,6-10H2,1-5H3. The van der Waals surface area contributed by atoms with Gasteiger partial charge in [0, 0.05) is 48.5 Å². The van der Waals surface area contributed by atoms with Crippen LogP contribution in [0, 0.1) is 0 Å². The highest BCUT2D eigenvalue weighted by molar-refractivity contribution is 5.98. The number of rotatable bonds is 10. The van der Waals surface area contributed by atoms with Crippen LogP contribution in [-0.2, 0) is 16.9 Å². The fourth-order valence-electron chi connectivity index (χ4n) is 5.66. The summed E-state index contributed by atoms with van der Waals surface area (Å²) in [5, 5.41) is 0.944. The lowest BCUT2D eigenvalue weighted by Gasteiger charge is -2.32. The van der Waals surface area contributed by atoms with Crippen molar-refractivity contribution < 1.29 is 19.0 Å². The molecule has 2 aromatic heterocycles. The van der Waals surface area contributed by atoms with Gasteiger partial charge < -0.3 is 23.7 Å². The zero-order valence-corrected chi connectivity index (χ0v) is 22.8. The van der Waals surface area contributed by atoms with Gasteiger partial charge in [0.15, 0.2) is 0 Å². The number of nitrogens with zero attached hydrogens (tertiary/aromatic N) is 3. The van der Waals surface area contributed by atoms with E-state index in [4.69, 9.17) is 19.2 Å². The maximum Gasteiger partial charge on any atom is 0.341 e. The number of anilines is 1. The molecule has 2 aromatic carbocycles. The molecule has 0 amide bonds. The Kier molecular flexibility index (Phi) is 7.02. The molecule has 5 rings (SSSR count). The quantitative estimate of drug-likeness (QED) is 0.237. The highest BCUT2D eigenvalue weighted by Gasteiger charge is 2.55. The first-order valence-electron chi connectivity index (χ1n) is 13.5. The van der Waals surface area contributed by atoms with E-state index in [1.807, 2.05) is 38.1 Å². The van der Waals surface area contributed by atoms with Crippen molar-refractivity contribution >= 4 is 22.6 Å². The number of esters is 1. The number of hydrogen-bond donors (Lipinski definition) is 0. The first-order valence-corrected chi connectivity index (χ1v) is 13.5. The second-order valence-electron chi connectivity index (χ2n) is 9.13. The number of pyridine rings is 1. The van der Waals surface area contributed by atoms with E-state index in [9.17, 15) is 4.79 Å². The van der Waals surface area contributed by atoms with E-state index < -0.39 is 11.6 Å². The van der Waals surface area contributed by atoms with Crippen molar-refractivity contribution in [2.24, 2.45) is 0 Å². The molecule has 0 radical (unpaired) electrons. The number of aromatic nitrogens is 2. The van der Waals surface area contributed by atoms with Gasteiger partial charge >= 0.3 is 5.97 Å². The molecule has 0 N–H and O–H groups in total. The Labute approximate surface area is 224 Å². The van der Waals surface area contributed by atoms with E-state index in [0.717, 1.165) is 40.8 Å². The van der Waals surface area contributed by atoms with Gasteiger partial charge in [-0.15, -0.1) is 0 Å². The molecular formula is C31H35N3O4. The Hall–Kier alpha value is -4.00. The minimum absolute atomic E-state index is 0.417. The average Bonchev–Trinajstić information content (AvgIpc) is 3.42. The Balaban J connectivity index is 1.93. The van der Waals surface area contributed by atoms with Crippen molar-refractivity contribution in [3.05, 3.63) is 83.2 Å². The number of aryl methyl sites for hydroxylation is 1. The molecule has 198 valence electrons. The maximum atomic E-state index is 13.5. The predicted molar refractivity (Wildman–Crippen MR) is 149 cm³/mol. The zero-order chi connectivity index (χ0) is 26.9. The monoisotopic (exact) mass is 513 g/mol. The lowest BCUT2D eigenvalue weighted by Crippen LogP contribution is -2.32. The van der Waals surface area contributed by atoms with Crippen LogP contribution in [0.4, 0.5) is 5.69 Å². The number of para-hydroxylation sites is 1. The third kappa shape index (κ3) is 3.80. The summed E-state index contributed by atoms with van der Waals surface area (Å²) >= 11 is 0. The summed E-state index contributed by atoms with van der Waals surface area (Å²) in [5.41, 5.74) is 3.17. The van der Waals surface area contributed by atoms with Gasteiger partial charge in [-0.2, -0.15) is 0 Å². The summed E-state index contributed by atoms with van der Waals surface area (Å²) < 4.78 is 21.3. The van der Waals surface area contributed by atoms with Gasteiger partial charge in [-0.05, 0) is 65.0 Å². The maximum absolute atomic E-state index is 13.5. The molecule has 7 heteroatoms. The topological polar surface area (TPSA) is 65.8 Å². The molecule has 0 saturated heterocycles. The molecule has 1 unspecified atom stereocenters. The average molecular weight is 514 g/mol. The van der Waals surface area contributed by atoms with Crippen LogP contribution in [0.2, 0.25) is 0 Å². The fraction of sp³-hybridized carbons (Fsp3) is 0.355. The molecule has 0 saturated carbocycles. The van der Waals surface area contributed by atoms with E-state index in [0.29, 0.717) is 42.6 Å². The largest absolute Gasteiger partial charge is 0.493 e. The SMILES string of the molecule is CCOc1cc(N(CC)CC)ccc1C1(c2c(OCC)n(CC)c3ccccc23)OC(=O)c2cccnc21. The number of benzene rings is 2. The Morgan fingerprint density at radius 3 is 2.42 bits per heavy atom. The van der Waals surface area contributed by atoms with Gasteiger partial charge in [-0.25, -0.2) is 4.79 Å². The van der Waals surface area contributed by atoms with Crippen molar-refractivity contribution in [3.63, 3.8) is 0 Å². The Bertz CT molecular complexity index is 1470. The van der Waals surface area contributed by atoms with Gasteiger partial charge in [-0.3, -0.25) is 4.98 Å². The van der Waals surface area contributed by atoms with E-state index in [1.54, 1.807) is 18.3 Å². The summed E-state index contributed by atoms with van der Waals surface area (Å²) in [6, 6.07) is 17.8. The van der Waals surface area contributed by atoms with Crippen LogP contribution in [0.25, 0.3) is 10.9 Å². The lowest BCUT2D eigenvalue weighted by molar-refractivity contribution is 0.0231. The van der Waals surface area contributed by atoms with Gasteiger partial charge in [-0.1, -0.05) is 18.2 Å². The van der Waals surface area contributed by atoms with Gasteiger partial charge in [0.2, 0.25) is 11.5 Å². The molecular weight excluding hydrogens is 478 g/mol. The molecule has 0 bridgehead atoms. The van der Waals surface area contributed by atoms with Crippen molar-refractivity contribution in [3.8, 4) is 11.6 Å². The van der Waals surface area contributed by atoms with Crippen LogP contribution in [0.1, 0.15) is 61.8 Å². The zero-order valence-electron chi connectivity index (χ0n) is 22.8. The fourth-order valence-corrected chi connectivity index (χ4v) is 5.66. The van der Waals surface area contributed by atoms with E-state index in [-0.39, 0.29) is 0 Å². The predicted octanol–water partition coefficient (Wildman–Crippen LogP) is 6.16. The number of carbonyl (C=O) groups is 1. The highest BCUT2D eigenvalue weighted by atomic mass is 16.6. The molecule has 0 fully saturated rings. The number of carbonyl (C=O) groups excluding carboxylic acids is 1. The lowest BCUT2D eigenvalue weighted by atomic mass is 9.81. The third-order valence-electron chi connectivity index (χ3n) is 7.25. The molecule has 1 aliphatic heterocycles. The normalized spacial score (nSPS) is 16.4. The van der Waals surface area contributed by atoms with Crippen LogP contribution in [-0.4, -0.2) is 41.8 Å². The Morgan fingerprint density at radius 2 is 1.71 bits per heavy atom. The summed E-state index contributed by atoms with van der Waals surface area (Å²) in [6.07, 6.45) is 1.71. The summed E-state index contributed by atoms with van der Waals surface area (Å²) in [5.74, 6) is 0.899. The van der Waals surface area contributed by atoms with Crippen LogP contribution in [0.15, 0.2) is 60.8 Å². The van der Waals surface area contributed by atoms with E-state index >= 15 is 0 Å². The molecule has 1 aliphatic rings. The van der Waals surface area contributed by atoms with Gasteiger partial charge in [0.25, 0.3) is 0 Å². The minimum atomic E-state index is -1.36. The Morgan fingerprint density at radius 1 is 0.947 bits per heavy atom. The molecule has 3 heterocycles. The molecule has 1 atom stereocenters. The molecule has 38 heavy (non-hydrogen) atoms. The minimum Gasteiger partial charge on any atom is -0.493 e. The molecule has 0 aliphatic carbocycles. The first-order chi connectivity index (χ1) is 18.5. The van der Waals surface area contributed by atoms with E-state index in [1.165, 1.54) is 0 Å². The summed E-state index contributed by atoms with van der Waals surface area (Å²) in [6.45, 7) is 13.6. The molecule has 0 spiro atoms. The van der Waals surface area contributed by atoms with Crippen molar-refractivity contribution in [2.45, 2.75) is 46.8 Å². The van der Waals surface area contributed by atoms with Crippen LogP contribution in [0.3, 0.4) is 0 Å². The van der Waals surface area contributed by atoms with Crippen molar-refractivity contribution in [1.82, 2.24) is 9.55 Å². The number of cyclic esters (lactones) is 1. The number of fused-ring (bicyclic) bond motifs is 2. The second kappa shape index (κ2) is 10.4. The van der Waals surface area contributed by atoms with Crippen LogP contribution in [0.5, 0.6) is 11.6 Å². The summed E-state index contributed by atoms with van der Waals surface area (Å²) in [7, 11) is 0.